The van der Waals surface area contributed by atoms with Crippen LogP contribution in [0.25, 0.3) is 22.3 Å². The Kier molecular flexibility index (Phi) is 4.83. The van der Waals surface area contributed by atoms with Crippen molar-refractivity contribution in [2.45, 2.75) is 62.6 Å². The molecule has 1 atom stereocenters. The van der Waals surface area contributed by atoms with Crippen molar-refractivity contribution in [2.75, 3.05) is 25.5 Å². The second kappa shape index (κ2) is 7.65. The van der Waals surface area contributed by atoms with Gasteiger partial charge in [0.15, 0.2) is 5.82 Å². The Morgan fingerprint density at radius 2 is 1.70 bits per heavy atom. The summed E-state index contributed by atoms with van der Waals surface area (Å²) >= 11 is 0. The van der Waals surface area contributed by atoms with Gasteiger partial charge in [-0.1, -0.05) is 0 Å². The first-order chi connectivity index (χ1) is 15.9. The molecule has 7 rings (SSSR count). The van der Waals surface area contributed by atoms with Gasteiger partial charge in [0, 0.05) is 23.7 Å². The van der Waals surface area contributed by atoms with E-state index in [0.29, 0.717) is 29.1 Å². The molecule has 1 saturated carbocycles. The molecule has 2 fully saturated rings. The molecule has 0 amide bonds. The number of H-pyrrole nitrogens is 1. The summed E-state index contributed by atoms with van der Waals surface area (Å²) in [6.45, 7) is 2.07. The Bertz CT molecular complexity index is 1200. The molecule has 1 saturated heterocycles. The lowest BCUT2D eigenvalue weighted by Crippen LogP contribution is -2.40. The molecule has 10 heteroatoms. The first kappa shape index (κ1) is 20.8. The molecule has 2 aromatic heterocycles. The molecule has 33 heavy (non-hydrogen) atoms. The van der Waals surface area contributed by atoms with Crippen LogP contribution in [0.2, 0.25) is 0 Å². The normalized spacial score (nSPS) is 25.4. The summed E-state index contributed by atoms with van der Waals surface area (Å²) in [6, 6.07) is 2.88. The number of halogens is 3. The average molecular weight is 458 g/mol. The summed E-state index contributed by atoms with van der Waals surface area (Å²) in [7, 11) is 2.13. The molecule has 3 heterocycles. The summed E-state index contributed by atoms with van der Waals surface area (Å²) in [4.78, 5) is 2.32. The number of benzene rings is 1. The molecular weight excluding hydrogens is 431 g/mol. The largest absolute Gasteiger partial charge is 0.418 e. The monoisotopic (exact) mass is 457 g/mol. The highest BCUT2D eigenvalue weighted by Crippen LogP contribution is 2.54. The maximum Gasteiger partial charge on any atom is 0.418 e. The fraction of sp³-hybridized carbons (Fsp3) is 0.565. The number of rotatable bonds is 3. The summed E-state index contributed by atoms with van der Waals surface area (Å²) in [5.41, 5.74) is 2.79. The van der Waals surface area contributed by atoms with Gasteiger partial charge in [0.2, 0.25) is 0 Å². The molecule has 4 aliphatic rings. The highest BCUT2D eigenvalue weighted by atomic mass is 19.4. The van der Waals surface area contributed by atoms with Crippen LogP contribution in [0, 0.1) is 0 Å². The molecule has 0 unspecified atom stereocenters. The van der Waals surface area contributed by atoms with Crippen LogP contribution in [0.15, 0.2) is 12.1 Å². The molecule has 2 N–H and O–H groups in total. The average Bonchev–Trinajstić information content (AvgIpc) is 3.29. The van der Waals surface area contributed by atoms with Gasteiger partial charge in [0.1, 0.15) is 11.0 Å². The van der Waals surface area contributed by atoms with E-state index in [4.69, 9.17) is 0 Å². The van der Waals surface area contributed by atoms with Crippen molar-refractivity contribution in [3.8, 4) is 11.3 Å². The van der Waals surface area contributed by atoms with E-state index in [9.17, 15) is 13.2 Å². The van der Waals surface area contributed by atoms with Gasteiger partial charge in [0.25, 0.3) is 0 Å². The quantitative estimate of drug-likeness (QED) is 0.594. The number of hydrogen-bond acceptors (Lipinski definition) is 6. The van der Waals surface area contributed by atoms with Crippen LogP contribution in [-0.4, -0.2) is 56.7 Å². The maximum absolute atomic E-state index is 13.5. The highest BCUT2D eigenvalue weighted by molar-refractivity contribution is 5.93. The van der Waals surface area contributed by atoms with E-state index in [1.807, 2.05) is 0 Å². The maximum atomic E-state index is 13.5. The Morgan fingerprint density at radius 1 is 0.970 bits per heavy atom. The lowest BCUT2D eigenvalue weighted by molar-refractivity contribution is -0.136. The van der Waals surface area contributed by atoms with Gasteiger partial charge < -0.3 is 10.2 Å². The molecule has 174 valence electrons. The van der Waals surface area contributed by atoms with E-state index >= 15 is 0 Å². The molecule has 1 aliphatic heterocycles. The minimum Gasteiger partial charge on any atom is -0.364 e. The number of likely N-dealkylation sites (N-methyl/N-ethyl adjacent to an activating group) is 1. The number of aromatic amines is 1. The first-order valence-corrected chi connectivity index (χ1v) is 11.7. The third-order valence-electron chi connectivity index (χ3n) is 7.59. The van der Waals surface area contributed by atoms with Gasteiger partial charge in [0.05, 0.1) is 11.3 Å². The predicted octanol–water partition coefficient (Wildman–Crippen LogP) is 4.69. The fourth-order valence-electron chi connectivity index (χ4n) is 6.09. The smallest absolute Gasteiger partial charge is 0.364 e. The summed E-state index contributed by atoms with van der Waals surface area (Å²) < 4.78 is 40.5. The van der Waals surface area contributed by atoms with Crippen molar-refractivity contribution in [3.63, 3.8) is 0 Å². The minimum atomic E-state index is -4.50. The van der Waals surface area contributed by atoms with Crippen LogP contribution in [0.3, 0.4) is 0 Å². The first-order valence-electron chi connectivity index (χ1n) is 11.7. The third-order valence-corrected chi connectivity index (χ3v) is 7.59. The number of nitrogens with zero attached hydrogens (tertiary/aromatic N) is 5. The van der Waals surface area contributed by atoms with E-state index in [1.165, 1.54) is 11.6 Å². The van der Waals surface area contributed by atoms with Crippen molar-refractivity contribution >= 4 is 16.9 Å². The van der Waals surface area contributed by atoms with Crippen LogP contribution in [-0.2, 0) is 6.18 Å². The van der Waals surface area contributed by atoms with Gasteiger partial charge in [-0.05, 0) is 81.6 Å². The number of aromatic nitrogens is 5. The van der Waals surface area contributed by atoms with Crippen molar-refractivity contribution in [3.05, 3.63) is 28.8 Å². The predicted molar refractivity (Wildman–Crippen MR) is 118 cm³/mol. The Hall–Kier alpha value is -2.75. The highest BCUT2D eigenvalue weighted by Gasteiger charge is 2.40. The number of hydrogen-bond donors (Lipinski definition) is 2. The molecule has 3 aromatic rings. The summed E-state index contributed by atoms with van der Waals surface area (Å²) in [6.07, 6.45) is 2.12. The van der Waals surface area contributed by atoms with Gasteiger partial charge >= 0.3 is 6.18 Å². The van der Waals surface area contributed by atoms with E-state index in [2.05, 4.69) is 42.9 Å². The minimum absolute atomic E-state index is 0.177. The Labute approximate surface area is 189 Å². The molecule has 0 radical (unpaired) electrons. The van der Waals surface area contributed by atoms with E-state index in [-0.39, 0.29) is 11.0 Å². The molecule has 7 nitrogen and oxygen atoms in total. The number of nitrogens with one attached hydrogen (secondary N) is 2. The fourth-order valence-corrected chi connectivity index (χ4v) is 6.09. The van der Waals surface area contributed by atoms with Crippen LogP contribution in [0.4, 0.5) is 19.0 Å². The number of alkyl halides is 3. The van der Waals surface area contributed by atoms with Crippen molar-refractivity contribution < 1.29 is 13.2 Å². The molecule has 2 bridgehead atoms. The zero-order valence-corrected chi connectivity index (χ0v) is 18.4. The lowest BCUT2D eigenvalue weighted by Gasteiger charge is -2.40. The van der Waals surface area contributed by atoms with E-state index < -0.39 is 11.7 Å². The SMILES string of the molecule is CN1CCC[C@@H](Nc2nnc(-c3ccc(C(F)(F)F)c4n[nH]nc34)c3c2C2CCC3CC2)C1. The summed E-state index contributed by atoms with van der Waals surface area (Å²) in [5, 5.41) is 23.1. The van der Waals surface area contributed by atoms with Crippen molar-refractivity contribution in [1.29, 1.82) is 0 Å². The van der Waals surface area contributed by atoms with Crippen LogP contribution in [0.5, 0.6) is 0 Å². The van der Waals surface area contributed by atoms with Crippen molar-refractivity contribution in [1.82, 2.24) is 30.5 Å². The number of fused-ring (bicyclic) bond motifs is 3. The summed E-state index contributed by atoms with van der Waals surface area (Å²) in [5.74, 6) is 1.60. The number of piperidine rings is 1. The van der Waals surface area contributed by atoms with Crippen LogP contribution >= 0.6 is 0 Å². The molecule has 0 spiro atoms. The molecular formula is C23H26F3N7. The Morgan fingerprint density at radius 3 is 2.42 bits per heavy atom. The van der Waals surface area contributed by atoms with Crippen molar-refractivity contribution in [2.24, 2.45) is 0 Å². The van der Waals surface area contributed by atoms with Gasteiger partial charge in [-0.3, -0.25) is 0 Å². The van der Waals surface area contributed by atoms with E-state index in [0.717, 1.165) is 69.1 Å². The number of anilines is 1. The second-order valence-electron chi connectivity index (χ2n) is 9.70. The second-order valence-corrected chi connectivity index (χ2v) is 9.70. The van der Waals surface area contributed by atoms with Gasteiger partial charge in [-0.25, -0.2) is 0 Å². The number of likely N-dealkylation sites (tertiary alicyclic amines) is 1. The van der Waals surface area contributed by atoms with Gasteiger partial charge in [-0.2, -0.15) is 28.6 Å². The van der Waals surface area contributed by atoms with Crippen LogP contribution in [0.1, 0.15) is 67.1 Å². The zero-order valence-electron chi connectivity index (χ0n) is 18.4. The Balaban J connectivity index is 1.48. The molecule has 1 aromatic carbocycles. The molecule has 3 aliphatic carbocycles. The standard InChI is InChI=1S/C23H26F3N7/c1-33-10-2-3-14(11-33)27-22-18-13-6-4-12(5-7-13)17(18)19(28-31-22)15-8-9-16(23(24,25)26)21-20(15)29-32-30-21/h8-9,12-14H,2-7,10-11H2,1H3,(H,27,31)(H,29,30,32)/t12?,13?,14-/m1/s1. The van der Waals surface area contributed by atoms with Crippen LogP contribution < -0.4 is 5.32 Å². The van der Waals surface area contributed by atoms with Gasteiger partial charge in [-0.15, -0.1) is 10.2 Å². The zero-order chi connectivity index (χ0) is 22.7. The van der Waals surface area contributed by atoms with E-state index in [1.54, 1.807) is 0 Å². The lowest BCUT2D eigenvalue weighted by atomic mass is 9.66. The topological polar surface area (TPSA) is 82.6 Å². The third kappa shape index (κ3) is 3.46.